The Kier molecular flexibility index (Phi) is 4.40. The highest BCUT2D eigenvalue weighted by Gasteiger charge is 2.24. The molecule has 2 aromatic rings. The average Bonchev–Trinajstić information content (AvgIpc) is 2.94. The van der Waals surface area contributed by atoms with Crippen molar-refractivity contribution in [2.45, 2.75) is 26.4 Å². The molecule has 20 heavy (non-hydrogen) atoms. The zero-order chi connectivity index (χ0) is 14.5. The lowest BCUT2D eigenvalue weighted by molar-refractivity contribution is -0.141. The highest BCUT2D eigenvalue weighted by Crippen LogP contribution is 2.21. The molecule has 5 heteroatoms. The summed E-state index contributed by atoms with van der Waals surface area (Å²) in [5.41, 5.74) is 2.83. The lowest BCUT2D eigenvalue weighted by atomic mass is 10.1. The van der Waals surface area contributed by atoms with E-state index in [0.29, 0.717) is 0 Å². The van der Waals surface area contributed by atoms with Crippen LogP contribution < -0.4 is 5.32 Å². The summed E-state index contributed by atoms with van der Waals surface area (Å²) >= 11 is 0. The van der Waals surface area contributed by atoms with E-state index in [1.807, 2.05) is 42.7 Å². The molecule has 0 saturated heterocycles. The van der Waals surface area contributed by atoms with Crippen molar-refractivity contribution in [2.24, 2.45) is 0 Å². The molecule has 0 aliphatic heterocycles. The fourth-order valence-corrected chi connectivity index (χ4v) is 2.02. The minimum absolute atomic E-state index is 0.333. The van der Waals surface area contributed by atoms with E-state index >= 15 is 0 Å². The van der Waals surface area contributed by atoms with Gasteiger partial charge in [-0.2, -0.15) is 0 Å². The third kappa shape index (κ3) is 2.99. The molecule has 1 atom stereocenters. The predicted octanol–water partition coefficient (Wildman–Crippen LogP) is 2.54. The highest BCUT2D eigenvalue weighted by atomic mass is 16.5. The van der Waals surface area contributed by atoms with Crippen molar-refractivity contribution in [3.05, 3.63) is 48.0 Å². The first kappa shape index (κ1) is 14.1. The van der Waals surface area contributed by atoms with Gasteiger partial charge in [0.25, 0.3) is 0 Å². The molecular formula is C15H19N3O2. The van der Waals surface area contributed by atoms with Gasteiger partial charge in [0.1, 0.15) is 0 Å². The minimum atomic E-state index is -0.565. The van der Waals surface area contributed by atoms with Gasteiger partial charge in [0, 0.05) is 12.2 Å². The predicted molar refractivity (Wildman–Crippen MR) is 77.5 cm³/mol. The third-order valence-corrected chi connectivity index (χ3v) is 3.18. The summed E-state index contributed by atoms with van der Waals surface area (Å²) in [4.78, 5) is 16.1. The maximum absolute atomic E-state index is 12.0. The van der Waals surface area contributed by atoms with Crippen molar-refractivity contribution < 1.29 is 9.53 Å². The van der Waals surface area contributed by atoms with Crippen LogP contribution in [0.15, 0.2) is 36.8 Å². The number of methoxy groups -OCH3 is 1. The number of rotatable bonds is 5. The van der Waals surface area contributed by atoms with Crippen LogP contribution in [0.4, 0.5) is 5.69 Å². The lowest BCUT2D eigenvalue weighted by Gasteiger charge is -2.19. The number of aromatic nitrogens is 2. The second-order valence-corrected chi connectivity index (χ2v) is 4.57. The fraction of sp³-hybridized carbons (Fsp3) is 0.333. The van der Waals surface area contributed by atoms with Crippen LogP contribution in [-0.4, -0.2) is 22.6 Å². The Morgan fingerprint density at radius 3 is 2.70 bits per heavy atom. The van der Waals surface area contributed by atoms with Crippen molar-refractivity contribution >= 4 is 11.7 Å². The molecule has 0 aliphatic carbocycles. The van der Waals surface area contributed by atoms with Crippen LogP contribution in [0.2, 0.25) is 0 Å². The summed E-state index contributed by atoms with van der Waals surface area (Å²) in [6, 6.07) is 7.31. The number of ether oxygens (including phenoxy) is 1. The second-order valence-electron chi connectivity index (χ2n) is 4.57. The maximum Gasteiger partial charge on any atom is 0.334 e. The first-order chi connectivity index (χ1) is 9.65. The molecule has 1 N–H and O–H groups in total. The smallest absolute Gasteiger partial charge is 0.334 e. The molecule has 1 aromatic heterocycles. The van der Waals surface area contributed by atoms with Gasteiger partial charge in [-0.05, 0) is 26.0 Å². The van der Waals surface area contributed by atoms with E-state index in [-0.39, 0.29) is 5.97 Å². The lowest BCUT2D eigenvalue weighted by Crippen LogP contribution is -2.24. The Morgan fingerprint density at radius 1 is 1.40 bits per heavy atom. The van der Waals surface area contributed by atoms with Crippen LogP contribution in [0.3, 0.4) is 0 Å². The van der Waals surface area contributed by atoms with E-state index in [1.165, 1.54) is 12.7 Å². The normalized spacial score (nSPS) is 11.9. The zero-order valence-electron chi connectivity index (χ0n) is 12.0. The van der Waals surface area contributed by atoms with Crippen molar-refractivity contribution in [1.82, 2.24) is 9.55 Å². The molecule has 2 rings (SSSR count). The number of carbonyl (C=O) groups excluding carboxylic acids is 1. The van der Waals surface area contributed by atoms with Crippen LogP contribution >= 0.6 is 0 Å². The molecule has 0 saturated carbocycles. The van der Waals surface area contributed by atoms with Crippen LogP contribution in [-0.2, 0) is 16.1 Å². The molecule has 106 valence electrons. The van der Waals surface area contributed by atoms with Gasteiger partial charge in [0.2, 0.25) is 0 Å². The average molecular weight is 273 g/mol. The Hall–Kier alpha value is -2.30. The molecule has 0 amide bonds. The molecule has 1 heterocycles. The summed E-state index contributed by atoms with van der Waals surface area (Å²) in [7, 11) is 1.39. The number of anilines is 1. The quantitative estimate of drug-likeness (QED) is 0.851. The van der Waals surface area contributed by atoms with Crippen molar-refractivity contribution in [3.63, 3.8) is 0 Å². The standard InChI is InChI=1S/C15H19N3O2/c1-4-18-10-16-9-13(18)14(15(19)20-3)17-12-7-5-11(2)6-8-12/h5-10,14,17H,4H2,1-3H3. The second kappa shape index (κ2) is 6.23. The SMILES string of the molecule is CCn1cncc1C(Nc1ccc(C)cc1)C(=O)OC. The Balaban J connectivity index is 2.29. The van der Waals surface area contributed by atoms with Gasteiger partial charge in [0.05, 0.1) is 25.3 Å². The van der Waals surface area contributed by atoms with Crippen LogP contribution in [0.1, 0.15) is 24.2 Å². The fourth-order valence-electron chi connectivity index (χ4n) is 2.02. The molecule has 0 bridgehead atoms. The van der Waals surface area contributed by atoms with Crippen molar-refractivity contribution in [2.75, 3.05) is 12.4 Å². The number of nitrogens with one attached hydrogen (secondary N) is 1. The van der Waals surface area contributed by atoms with Crippen molar-refractivity contribution in [3.8, 4) is 0 Å². The number of esters is 1. The van der Waals surface area contributed by atoms with Gasteiger partial charge >= 0.3 is 5.97 Å². The number of imidazole rings is 1. The van der Waals surface area contributed by atoms with E-state index in [9.17, 15) is 4.79 Å². The highest BCUT2D eigenvalue weighted by molar-refractivity contribution is 5.80. The molecule has 0 radical (unpaired) electrons. The number of nitrogens with zero attached hydrogens (tertiary/aromatic N) is 2. The summed E-state index contributed by atoms with van der Waals surface area (Å²) in [5.74, 6) is -0.333. The van der Waals surface area contributed by atoms with Gasteiger partial charge in [-0.1, -0.05) is 17.7 Å². The molecule has 0 spiro atoms. The van der Waals surface area contributed by atoms with Gasteiger partial charge in [-0.3, -0.25) is 0 Å². The van der Waals surface area contributed by atoms with Crippen molar-refractivity contribution in [1.29, 1.82) is 0 Å². The first-order valence-corrected chi connectivity index (χ1v) is 6.56. The maximum atomic E-state index is 12.0. The number of carbonyl (C=O) groups is 1. The molecule has 5 nitrogen and oxygen atoms in total. The summed E-state index contributed by atoms with van der Waals surface area (Å²) in [5, 5.41) is 3.20. The van der Waals surface area contributed by atoms with Gasteiger partial charge < -0.3 is 14.6 Å². The minimum Gasteiger partial charge on any atom is -0.467 e. The van der Waals surface area contributed by atoms with E-state index in [2.05, 4.69) is 10.3 Å². The summed E-state index contributed by atoms with van der Waals surface area (Å²) < 4.78 is 6.81. The zero-order valence-corrected chi connectivity index (χ0v) is 12.0. The van der Waals surface area contributed by atoms with E-state index in [1.54, 1.807) is 12.5 Å². The Morgan fingerprint density at radius 2 is 2.10 bits per heavy atom. The van der Waals surface area contributed by atoms with Crippen LogP contribution in [0.5, 0.6) is 0 Å². The topological polar surface area (TPSA) is 56.2 Å². The van der Waals surface area contributed by atoms with Gasteiger partial charge in [-0.25, -0.2) is 9.78 Å². The number of aryl methyl sites for hydroxylation is 2. The molecule has 0 fully saturated rings. The van der Waals surface area contributed by atoms with Crippen LogP contribution in [0, 0.1) is 6.92 Å². The molecule has 1 aromatic carbocycles. The van der Waals surface area contributed by atoms with Crippen LogP contribution in [0.25, 0.3) is 0 Å². The number of hydrogen-bond acceptors (Lipinski definition) is 4. The van der Waals surface area contributed by atoms with E-state index in [0.717, 1.165) is 17.9 Å². The van der Waals surface area contributed by atoms with E-state index in [4.69, 9.17) is 4.74 Å². The third-order valence-electron chi connectivity index (χ3n) is 3.18. The molecule has 0 aliphatic rings. The Labute approximate surface area is 118 Å². The Bertz CT molecular complexity index is 575. The summed E-state index contributed by atoms with van der Waals surface area (Å²) in [6.45, 7) is 4.78. The monoisotopic (exact) mass is 273 g/mol. The van der Waals surface area contributed by atoms with E-state index < -0.39 is 6.04 Å². The van der Waals surface area contributed by atoms with Gasteiger partial charge in [0.15, 0.2) is 6.04 Å². The van der Waals surface area contributed by atoms with Gasteiger partial charge in [-0.15, -0.1) is 0 Å². The number of hydrogen-bond donors (Lipinski definition) is 1. The largest absolute Gasteiger partial charge is 0.467 e. The first-order valence-electron chi connectivity index (χ1n) is 6.56. The summed E-state index contributed by atoms with van der Waals surface area (Å²) in [6.07, 6.45) is 3.40. The number of benzene rings is 1. The molecule has 1 unspecified atom stereocenters. The molecular weight excluding hydrogens is 254 g/mol.